The van der Waals surface area contributed by atoms with E-state index in [1.807, 2.05) is 30.5 Å². The lowest BCUT2D eigenvalue weighted by atomic mass is 10.0. The van der Waals surface area contributed by atoms with Crippen LogP contribution in [-0.2, 0) is 0 Å². The van der Waals surface area contributed by atoms with E-state index in [0.717, 1.165) is 62.3 Å². The first-order chi connectivity index (χ1) is 16.3. The summed E-state index contributed by atoms with van der Waals surface area (Å²) >= 11 is 0. The summed E-state index contributed by atoms with van der Waals surface area (Å²) in [6, 6.07) is 8.35. The normalized spacial score (nSPS) is 22.9. The Morgan fingerprint density at radius 2 is 2.06 bits per heavy atom. The Bertz CT molecular complexity index is 907. The molecule has 33 heavy (non-hydrogen) atoms. The van der Waals surface area contributed by atoms with Crippen molar-refractivity contribution in [2.45, 2.75) is 25.3 Å². The lowest BCUT2D eigenvalue weighted by Gasteiger charge is -2.25. The first kappa shape index (κ1) is 22.2. The zero-order valence-corrected chi connectivity index (χ0v) is 19.4. The summed E-state index contributed by atoms with van der Waals surface area (Å²) in [4.78, 5) is 14.1. The summed E-state index contributed by atoms with van der Waals surface area (Å²) < 4.78 is 11.6. The van der Waals surface area contributed by atoms with Crippen LogP contribution in [0, 0.1) is 5.92 Å². The van der Waals surface area contributed by atoms with E-state index in [1.54, 1.807) is 7.11 Å². The summed E-state index contributed by atoms with van der Waals surface area (Å²) in [5.41, 5.74) is 0.878. The summed E-state index contributed by atoms with van der Waals surface area (Å²) in [5.74, 6) is 3.62. The third-order valence-corrected chi connectivity index (χ3v) is 6.80. The standard InChI is InChI=1S/C24H35N7O2/c1-32-21-6-5-19(13-22(21)33-12-4-11-30-9-2-3-10-30)28-24-26-8-7-23(29-24)31-15-18-14-25-17-27-20(18)16-31/h5-8,13,18,20,25,27H,2-4,9-12,14-17H2,1H3,(H,26,28,29). The lowest BCUT2D eigenvalue weighted by Crippen LogP contribution is -2.50. The van der Waals surface area contributed by atoms with Crippen molar-refractivity contribution < 1.29 is 9.47 Å². The third-order valence-electron chi connectivity index (χ3n) is 6.80. The van der Waals surface area contributed by atoms with Gasteiger partial charge in [-0.25, -0.2) is 4.98 Å². The van der Waals surface area contributed by atoms with E-state index in [4.69, 9.17) is 14.5 Å². The summed E-state index contributed by atoms with van der Waals surface area (Å²) in [6.07, 6.45) is 5.46. The SMILES string of the molecule is COc1ccc(Nc2nccc(N3CC4CNCNC4C3)n2)cc1OCCCN1CCCC1. The van der Waals surface area contributed by atoms with Gasteiger partial charge in [0.15, 0.2) is 11.5 Å². The van der Waals surface area contributed by atoms with Gasteiger partial charge in [0.25, 0.3) is 0 Å². The van der Waals surface area contributed by atoms with Crippen molar-refractivity contribution in [1.82, 2.24) is 25.5 Å². The summed E-state index contributed by atoms with van der Waals surface area (Å²) in [7, 11) is 1.67. The molecule has 0 radical (unpaired) electrons. The van der Waals surface area contributed by atoms with Crippen molar-refractivity contribution >= 4 is 17.5 Å². The molecule has 178 valence electrons. The predicted molar refractivity (Wildman–Crippen MR) is 130 cm³/mol. The Kier molecular flexibility index (Phi) is 7.09. The molecule has 0 amide bonds. The average Bonchev–Trinajstić information content (AvgIpc) is 3.52. The van der Waals surface area contributed by atoms with Crippen LogP contribution in [0.3, 0.4) is 0 Å². The molecule has 2 unspecified atom stereocenters. The van der Waals surface area contributed by atoms with Gasteiger partial charge in [-0.2, -0.15) is 4.98 Å². The smallest absolute Gasteiger partial charge is 0.229 e. The van der Waals surface area contributed by atoms with Crippen LogP contribution in [0.5, 0.6) is 11.5 Å². The molecule has 4 heterocycles. The number of rotatable bonds is 9. The van der Waals surface area contributed by atoms with Gasteiger partial charge in [-0.15, -0.1) is 0 Å². The van der Waals surface area contributed by atoms with E-state index in [9.17, 15) is 0 Å². The minimum atomic E-state index is 0.518. The zero-order valence-electron chi connectivity index (χ0n) is 19.4. The molecule has 2 aromatic rings. The number of likely N-dealkylation sites (tertiary alicyclic amines) is 1. The fourth-order valence-corrected chi connectivity index (χ4v) is 5.02. The number of aromatic nitrogens is 2. The van der Waals surface area contributed by atoms with Gasteiger partial charge >= 0.3 is 0 Å². The van der Waals surface area contributed by atoms with Gasteiger partial charge < -0.3 is 29.9 Å². The first-order valence-corrected chi connectivity index (χ1v) is 12.1. The number of hydrogen-bond donors (Lipinski definition) is 3. The van der Waals surface area contributed by atoms with Crippen LogP contribution in [0.25, 0.3) is 0 Å². The van der Waals surface area contributed by atoms with Crippen molar-refractivity contribution in [3.8, 4) is 11.5 Å². The molecular weight excluding hydrogens is 418 g/mol. The minimum Gasteiger partial charge on any atom is -0.493 e. The molecule has 3 saturated heterocycles. The van der Waals surface area contributed by atoms with Crippen LogP contribution >= 0.6 is 0 Å². The maximum Gasteiger partial charge on any atom is 0.229 e. The number of nitrogens with zero attached hydrogens (tertiary/aromatic N) is 4. The topological polar surface area (TPSA) is 86.8 Å². The lowest BCUT2D eigenvalue weighted by molar-refractivity contribution is 0.254. The van der Waals surface area contributed by atoms with E-state index in [-0.39, 0.29) is 0 Å². The summed E-state index contributed by atoms with van der Waals surface area (Å²) in [5, 5.41) is 10.3. The second-order valence-electron chi connectivity index (χ2n) is 9.09. The molecule has 3 aliphatic heterocycles. The number of hydrogen-bond acceptors (Lipinski definition) is 9. The second-order valence-corrected chi connectivity index (χ2v) is 9.09. The minimum absolute atomic E-state index is 0.518. The molecule has 3 aliphatic rings. The molecule has 9 heteroatoms. The largest absolute Gasteiger partial charge is 0.493 e. The Morgan fingerprint density at radius 3 is 2.91 bits per heavy atom. The van der Waals surface area contributed by atoms with Gasteiger partial charge in [0.05, 0.1) is 13.7 Å². The Labute approximate surface area is 195 Å². The Hall–Kier alpha value is -2.62. The van der Waals surface area contributed by atoms with Gasteiger partial charge in [-0.3, -0.25) is 5.32 Å². The molecule has 5 rings (SSSR count). The van der Waals surface area contributed by atoms with Gasteiger partial charge in [0.1, 0.15) is 5.82 Å². The molecule has 1 aromatic heterocycles. The molecule has 3 fully saturated rings. The van der Waals surface area contributed by atoms with Gasteiger partial charge in [-0.1, -0.05) is 0 Å². The number of ether oxygens (including phenoxy) is 2. The van der Waals surface area contributed by atoms with Crippen molar-refractivity contribution in [3.05, 3.63) is 30.5 Å². The van der Waals surface area contributed by atoms with Gasteiger partial charge in [-0.05, 0) is 50.6 Å². The molecule has 2 atom stereocenters. The molecule has 1 aromatic carbocycles. The molecule has 0 spiro atoms. The molecule has 3 N–H and O–H groups in total. The van der Waals surface area contributed by atoms with Crippen LogP contribution < -0.4 is 30.3 Å². The van der Waals surface area contributed by atoms with Crippen LogP contribution in [0.2, 0.25) is 0 Å². The van der Waals surface area contributed by atoms with E-state index in [0.29, 0.717) is 24.5 Å². The van der Waals surface area contributed by atoms with Gasteiger partial charge in [0, 0.05) is 62.8 Å². The average molecular weight is 454 g/mol. The van der Waals surface area contributed by atoms with Gasteiger partial charge in [0.2, 0.25) is 5.95 Å². The quantitative estimate of drug-likeness (QED) is 0.494. The molecule has 0 aliphatic carbocycles. The third kappa shape index (κ3) is 5.48. The number of benzene rings is 1. The monoisotopic (exact) mass is 453 g/mol. The van der Waals surface area contributed by atoms with E-state index < -0.39 is 0 Å². The Morgan fingerprint density at radius 1 is 1.15 bits per heavy atom. The van der Waals surface area contributed by atoms with E-state index >= 15 is 0 Å². The predicted octanol–water partition coefficient (Wildman–Crippen LogP) is 2.05. The van der Waals surface area contributed by atoms with Crippen LogP contribution in [0.15, 0.2) is 30.5 Å². The van der Waals surface area contributed by atoms with Crippen molar-refractivity contribution in [2.75, 3.05) is 69.9 Å². The maximum atomic E-state index is 6.07. The fraction of sp³-hybridized carbons (Fsp3) is 0.583. The number of nitrogens with one attached hydrogen (secondary N) is 3. The van der Waals surface area contributed by atoms with Crippen LogP contribution in [0.4, 0.5) is 17.5 Å². The maximum absolute atomic E-state index is 6.07. The van der Waals surface area contributed by atoms with Crippen molar-refractivity contribution in [1.29, 1.82) is 0 Å². The molecular formula is C24H35N7O2. The number of methoxy groups -OCH3 is 1. The molecule has 0 bridgehead atoms. The van der Waals surface area contributed by atoms with E-state index in [1.165, 1.54) is 25.9 Å². The van der Waals surface area contributed by atoms with E-state index in [2.05, 4.69) is 30.7 Å². The molecule has 9 nitrogen and oxygen atoms in total. The van der Waals surface area contributed by atoms with Crippen molar-refractivity contribution in [3.63, 3.8) is 0 Å². The summed E-state index contributed by atoms with van der Waals surface area (Å²) in [6.45, 7) is 8.09. The number of fused-ring (bicyclic) bond motifs is 1. The fourth-order valence-electron chi connectivity index (χ4n) is 5.02. The molecule has 0 saturated carbocycles. The highest BCUT2D eigenvalue weighted by Crippen LogP contribution is 2.32. The highest BCUT2D eigenvalue weighted by molar-refractivity contribution is 5.60. The van der Waals surface area contributed by atoms with Crippen LogP contribution in [0.1, 0.15) is 19.3 Å². The number of anilines is 3. The van der Waals surface area contributed by atoms with Crippen LogP contribution in [-0.4, -0.2) is 80.6 Å². The Balaban J connectivity index is 1.20. The van der Waals surface area contributed by atoms with Crippen molar-refractivity contribution in [2.24, 2.45) is 5.92 Å². The highest BCUT2D eigenvalue weighted by atomic mass is 16.5. The first-order valence-electron chi connectivity index (χ1n) is 12.1. The zero-order chi connectivity index (χ0) is 22.5. The second kappa shape index (κ2) is 10.5. The highest BCUT2D eigenvalue weighted by Gasteiger charge is 2.34.